The van der Waals surface area contributed by atoms with E-state index in [1.807, 2.05) is 31.2 Å². The first kappa shape index (κ1) is 21.8. The van der Waals surface area contributed by atoms with Gasteiger partial charge in [-0.25, -0.2) is 15.0 Å². The molecule has 0 atom stereocenters. The maximum atomic E-state index is 6.39. The van der Waals surface area contributed by atoms with Gasteiger partial charge in [-0.2, -0.15) is 0 Å². The molecule has 2 rings (SSSR count). The molecule has 0 fully saturated rings. The quantitative estimate of drug-likeness (QED) is 0.264. The minimum atomic E-state index is 0.511. The Hall–Kier alpha value is -2.51. The average Bonchev–Trinajstić information content (AvgIpc) is 2.71. The predicted octanol–water partition coefficient (Wildman–Crippen LogP) is 5.24. The van der Waals surface area contributed by atoms with Gasteiger partial charge in [0.1, 0.15) is 22.5 Å². The minimum absolute atomic E-state index is 0.511. The van der Waals surface area contributed by atoms with E-state index >= 15 is 0 Å². The van der Waals surface area contributed by atoms with Gasteiger partial charge < -0.3 is 15.4 Å². The van der Waals surface area contributed by atoms with Gasteiger partial charge in [0.15, 0.2) is 0 Å². The van der Waals surface area contributed by atoms with Crippen molar-refractivity contribution in [1.82, 2.24) is 15.3 Å². The summed E-state index contributed by atoms with van der Waals surface area (Å²) in [6.45, 7) is 13.2. The molecule has 0 aliphatic rings. The van der Waals surface area contributed by atoms with Crippen LogP contribution in [0.15, 0.2) is 58.8 Å². The molecule has 0 amide bonds. The van der Waals surface area contributed by atoms with Gasteiger partial charge in [0.25, 0.3) is 0 Å². The largest absolute Gasteiger partial charge is 0.370 e. The van der Waals surface area contributed by atoms with Gasteiger partial charge >= 0.3 is 0 Å². The van der Waals surface area contributed by atoms with Gasteiger partial charge in [-0.05, 0) is 44.3 Å². The van der Waals surface area contributed by atoms with Crippen LogP contribution in [0.4, 0.5) is 11.6 Å². The summed E-state index contributed by atoms with van der Waals surface area (Å²) in [6.07, 6.45) is 2.64. The number of aromatic nitrogens is 2. The van der Waals surface area contributed by atoms with Crippen LogP contribution >= 0.6 is 23.5 Å². The van der Waals surface area contributed by atoms with E-state index in [1.54, 1.807) is 12.1 Å². The van der Waals surface area contributed by atoms with Crippen LogP contribution in [0.1, 0.15) is 26.0 Å². The van der Waals surface area contributed by atoms with Gasteiger partial charge in [0.2, 0.25) is 0 Å². The first-order valence-electron chi connectivity index (χ1n) is 9.00. The summed E-state index contributed by atoms with van der Waals surface area (Å²) in [6, 6.07) is 9.42. The van der Waals surface area contributed by atoms with Crippen molar-refractivity contribution in [1.29, 1.82) is 0 Å². The second-order valence-electron chi connectivity index (χ2n) is 5.67. The molecule has 0 unspecified atom stereocenters. The zero-order chi connectivity index (χ0) is 20.4. The lowest BCUT2D eigenvalue weighted by Gasteiger charge is -2.13. The Morgan fingerprint density at radius 2 is 2.04 bits per heavy atom. The number of hydrogen-bond acceptors (Lipinski definition) is 7. The van der Waals surface area contributed by atoms with Crippen LogP contribution in [0.25, 0.3) is 5.57 Å². The van der Waals surface area contributed by atoms with Crippen molar-refractivity contribution >= 4 is 47.5 Å². The average molecular weight is 417 g/mol. The van der Waals surface area contributed by atoms with Crippen LogP contribution in [0.3, 0.4) is 0 Å². The molecular formula is C20H25ClN6S. The van der Waals surface area contributed by atoms with Gasteiger partial charge in [-0.1, -0.05) is 37.2 Å². The smallest absolute Gasteiger partial charge is 0.136 e. The highest BCUT2D eigenvalue weighted by molar-refractivity contribution is 8.00. The highest BCUT2D eigenvalue weighted by Gasteiger charge is 2.12. The summed E-state index contributed by atoms with van der Waals surface area (Å²) in [5.41, 5.74) is 1.29. The van der Waals surface area contributed by atoms with Crippen LogP contribution in [-0.4, -0.2) is 29.8 Å². The van der Waals surface area contributed by atoms with Crippen LogP contribution in [-0.2, 0) is 0 Å². The zero-order valence-electron chi connectivity index (χ0n) is 16.1. The van der Waals surface area contributed by atoms with E-state index in [-0.39, 0.29) is 0 Å². The molecule has 0 aliphatic carbocycles. The highest BCUT2D eigenvalue weighted by atomic mass is 35.5. The number of nitrogens with zero attached hydrogens (tertiary/aromatic N) is 3. The molecule has 2 aromatic heterocycles. The fraction of sp³-hybridized carbons (Fsp3) is 0.250. The van der Waals surface area contributed by atoms with E-state index in [2.05, 4.69) is 50.5 Å². The van der Waals surface area contributed by atoms with Crippen molar-refractivity contribution in [3.05, 3.63) is 59.5 Å². The summed E-state index contributed by atoms with van der Waals surface area (Å²) >= 11 is 7.76. The third kappa shape index (κ3) is 6.00. The summed E-state index contributed by atoms with van der Waals surface area (Å²) in [5, 5.41) is 7.76. The SMILES string of the molecule is C=C/C(=C(\N=C)NCCC)c1nc(NSc2cccc(NCC)n2)ccc1Cl. The normalized spacial score (nSPS) is 11.4. The number of rotatable bonds is 11. The molecule has 6 nitrogen and oxygen atoms in total. The molecule has 0 saturated carbocycles. The summed E-state index contributed by atoms with van der Waals surface area (Å²) in [5.74, 6) is 2.09. The van der Waals surface area contributed by atoms with Crippen LogP contribution in [0.5, 0.6) is 0 Å². The molecule has 8 heteroatoms. The molecule has 28 heavy (non-hydrogen) atoms. The lowest BCUT2D eigenvalue weighted by atomic mass is 10.1. The molecule has 2 heterocycles. The summed E-state index contributed by atoms with van der Waals surface area (Å²) in [7, 11) is 0. The van der Waals surface area contributed by atoms with Crippen molar-refractivity contribution in [2.24, 2.45) is 4.99 Å². The minimum Gasteiger partial charge on any atom is -0.370 e. The van der Waals surface area contributed by atoms with Gasteiger partial charge in [-0.15, -0.1) is 0 Å². The van der Waals surface area contributed by atoms with E-state index in [4.69, 9.17) is 11.6 Å². The zero-order valence-corrected chi connectivity index (χ0v) is 17.7. The van der Waals surface area contributed by atoms with Gasteiger partial charge in [0, 0.05) is 30.6 Å². The third-order valence-corrected chi connectivity index (χ3v) is 4.66. The second-order valence-corrected chi connectivity index (χ2v) is 6.91. The maximum absolute atomic E-state index is 6.39. The predicted molar refractivity (Wildman–Crippen MR) is 122 cm³/mol. The second kappa shape index (κ2) is 11.4. The first-order valence-corrected chi connectivity index (χ1v) is 10.2. The van der Waals surface area contributed by atoms with Crippen molar-refractivity contribution in [3.63, 3.8) is 0 Å². The number of halogens is 1. The van der Waals surface area contributed by atoms with E-state index in [0.29, 0.717) is 27.9 Å². The standard InChI is InChI=1S/C20H25ClN6S/c1-5-13-24-20(22-4)14(6-2)19-15(21)11-12-17(26-19)27-28-18-10-8-9-16(25-18)23-7-3/h6,8-12,24H,2,4-5,7,13H2,1,3H3,(H,23,25)(H,26,27)/b20-14-. The highest BCUT2D eigenvalue weighted by Crippen LogP contribution is 2.28. The monoisotopic (exact) mass is 416 g/mol. The van der Waals surface area contributed by atoms with Crippen molar-refractivity contribution < 1.29 is 0 Å². The third-order valence-electron chi connectivity index (χ3n) is 3.60. The number of nitrogens with one attached hydrogen (secondary N) is 3. The van der Waals surface area contributed by atoms with E-state index in [9.17, 15) is 0 Å². The van der Waals surface area contributed by atoms with E-state index < -0.39 is 0 Å². The Kier molecular flexibility index (Phi) is 8.84. The molecule has 2 aromatic rings. The Labute approximate surface area is 175 Å². The topological polar surface area (TPSA) is 74.2 Å². The van der Waals surface area contributed by atoms with Crippen LogP contribution < -0.4 is 15.4 Å². The van der Waals surface area contributed by atoms with Crippen LogP contribution in [0.2, 0.25) is 5.02 Å². The Bertz CT molecular complexity index is 852. The summed E-state index contributed by atoms with van der Waals surface area (Å²) in [4.78, 5) is 13.2. The molecule has 3 N–H and O–H groups in total. The fourth-order valence-electron chi connectivity index (χ4n) is 2.33. The number of allylic oxidation sites excluding steroid dienone is 2. The lowest BCUT2D eigenvalue weighted by molar-refractivity contribution is 0.765. The molecular weight excluding hydrogens is 392 g/mol. The van der Waals surface area contributed by atoms with Crippen molar-refractivity contribution in [3.8, 4) is 0 Å². The molecule has 0 radical (unpaired) electrons. The Morgan fingerprint density at radius 1 is 1.21 bits per heavy atom. The van der Waals surface area contributed by atoms with Crippen LogP contribution in [0, 0.1) is 0 Å². The van der Waals surface area contributed by atoms with Gasteiger partial charge in [0.05, 0.1) is 10.7 Å². The van der Waals surface area contributed by atoms with Gasteiger partial charge in [-0.3, -0.25) is 0 Å². The maximum Gasteiger partial charge on any atom is 0.136 e. The Morgan fingerprint density at radius 3 is 2.71 bits per heavy atom. The Balaban J connectivity index is 2.24. The summed E-state index contributed by atoms with van der Waals surface area (Å²) < 4.78 is 3.21. The number of anilines is 2. The molecule has 0 spiro atoms. The molecule has 0 aromatic carbocycles. The number of hydrogen-bond donors (Lipinski definition) is 3. The van der Waals surface area contributed by atoms with Crippen molar-refractivity contribution in [2.45, 2.75) is 25.3 Å². The molecule has 0 saturated heterocycles. The molecule has 0 aliphatic heterocycles. The molecule has 0 bridgehead atoms. The lowest BCUT2D eigenvalue weighted by Crippen LogP contribution is -2.14. The van der Waals surface area contributed by atoms with Crippen molar-refractivity contribution in [2.75, 3.05) is 23.1 Å². The van der Waals surface area contributed by atoms with E-state index in [1.165, 1.54) is 11.9 Å². The fourth-order valence-corrected chi connectivity index (χ4v) is 3.15. The first-order chi connectivity index (χ1) is 13.6. The molecule has 148 valence electrons. The number of aliphatic imine (C=N–C) groups is 1. The number of pyridine rings is 2. The van der Waals surface area contributed by atoms with E-state index in [0.717, 1.165) is 30.4 Å².